The maximum Gasteiger partial charge on any atom is 0.159 e. The van der Waals surface area contributed by atoms with Gasteiger partial charge in [-0.05, 0) is 127 Å². The van der Waals surface area contributed by atoms with Crippen LogP contribution in [0.3, 0.4) is 0 Å². The van der Waals surface area contributed by atoms with Crippen LogP contribution in [-0.2, 0) is 4.79 Å². The first-order chi connectivity index (χ1) is 16.7. The topological polar surface area (TPSA) is 30.2 Å². The highest BCUT2D eigenvalue weighted by molar-refractivity contribution is 5.99. The van der Waals surface area contributed by atoms with Gasteiger partial charge in [0.1, 0.15) is 5.76 Å². The van der Waals surface area contributed by atoms with Crippen LogP contribution in [0.15, 0.2) is 28.4 Å². The molecule has 0 aliphatic heterocycles. The predicted octanol–water partition coefficient (Wildman–Crippen LogP) is 9.35. The van der Waals surface area contributed by atoms with E-state index in [1.165, 1.54) is 64.2 Å². The molecule has 1 heterocycles. The molecule has 2 heteroatoms. The highest BCUT2D eigenvalue weighted by Gasteiger charge is 2.60. The molecule has 194 valence electrons. The average Bonchev–Trinajstić information content (AvgIpc) is 3.42. The van der Waals surface area contributed by atoms with Gasteiger partial charge in [0.05, 0.1) is 6.26 Å². The zero-order valence-corrected chi connectivity index (χ0v) is 23.2. The quantitative estimate of drug-likeness (QED) is 0.381. The van der Waals surface area contributed by atoms with Gasteiger partial charge in [-0.2, -0.15) is 0 Å². The lowest BCUT2D eigenvalue weighted by atomic mass is 9.46. The summed E-state index contributed by atoms with van der Waals surface area (Å²) >= 11 is 0. The number of ketones is 1. The van der Waals surface area contributed by atoms with Gasteiger partial charge in [-0.1, -0.05) is 53.9 Å². The van der Waals surface area contributed by atoms with Gasteiger partial charge in [0.2, 0.25) is 0 Å². The Bertz CT molecular complexity index is 910. The van der Waals surface area contributed by atoms with Crippen molar-refractivity contribution in [2.75, 3.05) is 0 Å². The fourth-order valence-electron chi connectivity index (χ4n) is 9.88. The second kappa shape index (κ2) is 9.86. The maximum atomic E-state index is 13.3. The van der Waals surface area contributed by atoms with Crippen molar-refractivity contribution in [1.82, 2.24) is 0 Å². The largest absolute Gasteiger partial charge is 0.465 e. The number of hydrogen-bond acceptors (Lipinski definition) is 2. The normalized spacial score (nSPS) is 41.4. The third kappa shape index (κ3) is 4.61. The molecule has 0 spiro atoms. The molecule has 4 saturated carbocycles. The van der Waals surface area contributed by atoms with E-state index in [9.17, 15) is 4.79 Å². The minimum absolute atomic E-state index is 0.319. The molecule has 4 aliphatic rings. The van der Waals surface area contributed by atoms with E-state index in [2.05, 4.69) is 34.6 Å². The zero-order valence-electron chi connectivity index (χ0n) is 23.2. The molecule has 4 fully saturated rings. The number of allylic oxidation sites excluding steroid dienone is 1. The minimum atomic E-state index is 0.319. The summed E-state index contributed by atoms with van der Waals surface area (Å²) in [6, 6.07) is 3.89. The Labute approximate surface area is 214 Å². The smallest absolute Gasteiger partial charge is 0.159 e. The molecule has 5 rings (SSSR count). The zero-order chi connectivity index (χ0) is 24.8. The van der Waals surface area contributed by atoms with E-state index >= 15 is 0 Å². The Morgan fingerprint density at radius 1 is 1.00 bits per heavy atom. The lowest BCUT2D eigenvalue weighted by molar-refractivity contribution is -0.123. The minimum Gasteiger partial charge on any atom is -0.465 e. The Balaban J connectivity index is 1.31. The number of carbonyl (C=O) groups is 1. The fraction of sp³-hybridized carbons (Fsp3) is 0.788. The Kier molecular flexibility index (Phi) is 7.14. The SMILES string of the molecule is CC(C)CCC[C@@H](C)[C@@H]1CC[C@@H]2[C@@H]3CC[C@H]4CC(=O)/C(=C/c5ccco5)CC[C@]4(C)[C@@H]3CC[C@@]21C. The lowest BCUT2D eigenvalue weighted by Crippen LogP contribution is -2.52. The van der Waals surface area contributed by atoms with E-state index in [1.807, 2.05) is 18.2 Å². The number of Topliss-reactive ketones (excluding diaryl/α,β-unsaturated/α-hetero) is 1. The van der Waals surface area contributed by atoms with Gasteiger partial charge in [-0.15, -0.1) is 0 Å². The van der Waals surface area contributed by atoms with Crippen molar-refractivity contribution in [2.45, 2.75) is 112 Å². The van der Waals surface area contributed by atoms with Crippen LogP contribution in [0.5, 0.6) is 0 Å². The van der Waals surface area contributed by atoms with Crippen molar-refractivity contribution >= 4 is 11.9 Å². The third-order valence-electron chi connectivity index (χ3n) is 11.8. The van der Waals surface area contributed by atoms with Crippen LogP contribution in [0.25, 0.3) is 6.08 Å². The van der Waals surface area contributed by atoms with E-state index in [0.29, 0.717) is 22.5 Å². The van der Waals surface area contributed by atoms with Gasteiger partial charge < -0.3 is 4.42 Å². The summed E-state index contributed by atoms with van der Waals surface area (Å²) in [4.78, 5) is 13.3. The number of fused-ring (bicyclic) bond motifs is 5. The highest BCUT2D eigenvalue weighted by Crippen LogP contribution is 2.68. The summed E-state index contributed by atoms with van der Waals surface area (Å²) in [6.45, 7) is 12.6. The summed E-state index contributed by atoms with van der Waals surface area (Å²) in [5, 5.41) is 0. The van der Waals surface area contributed by atoms with Crippen LogP contribution in [0.2, 0.25) is 0 Å². The second-order valence-corrected chi connectivity index (χ2v) is 14.0. The van der Waals surface area contributed by atoms with Gasteiger partial charge in [-0.3, -0.25) is 4.79 Å². The molecular weight excluding hydrogens is 428 g/mol. The van der Waals surface area contributed by atoms with Crippen molar-refractivity contribution in [3.63, 3.8) is 0 Å². The summed E-state index contributed by atoms with van der Waals surface area (Å²) in [5.41, 5.74) is 1.87. The fourth-order valence-corrected chi connectivity index (χ4v) is 9.88. The molecule has 8 atom stereocenters. The van der Waals surface area contributed by atoms with Crippen LogP contribution < -0.4 is 0 Å². The summed E-state index contributed by atoms with van der Waals surface area (Å²) in [7, 11) is 0. The first kappa shape index (κ1) is 25.3. The number of furan rings is 1. The first-order valence-electron chi connectivity index (χ1n) is 15.0. The van der Waals surface area contributed by atoms with Gasteiger partial charge in [-0.25, -0.2) is 0 Å². The van der Waals surface area contributed by atoms with Crippen LogP contribution in [0, 0.1) is 52.3 Å². The van der Waals surface area contributed by atoms with E-state index in [0.717, 1.165) is 59.7 Å². The first-order valence-corrected chi connectivity index (χ1v) is 15.0. The molecule has 0 saturated heterocycles. The number of hydrogen-bond donors (Lipinski definition) is 0. The molecule has 1 aromatic heterocycles. The lowest BCUT2D eigenvalue weighted by Gasteiger charge is -2.59. The monoisotopic (exact) mass is 478 g/mol. The summed E-state index contributed by atoms with van der Waals surface area (Å²) in [5.74, 6) is 7.00. The number of carbonyl (C=O) groups excluding carboxylic acids is 1. The molecule has 35 heavy (non-hydrogen) atoms. The molecule has 4 aliphatic carbocycles. The molecule has 0 N–H and O–H groups in total. The summed E-state index contributed by atoms with van der Waals surface area (Å²) < 4.78 is 5.55. The Morgan fingerprint density at radius 3 is 2.54 bits per heavy atom. The highest BCUT2D eigenvalue weighted by atomic mass is 16.3. The molecule has 1 aromatic rings. The Morgan fingerprint density at radius 2 is 1.80 bits per heavy atom. The van der Waals surface area contributed by atoms with Crippen LogP contribution in [0.1, 0.15) is 117 Å². The molecule has 0 aromatic carbocycles. The van der Waals surface area contributed by atoms with Gasteiger partial charge in [0, 0.05) is 6.42 Å². The second-order valence-electron chi connectivity index (χ2n) is 14.0. The molecule has 0 amide bonds. The van der Waals surface area contributed by atoms with Crippen molar-refractivity contribution in [3.8, 4) is 0 Å². The molecule has 0 radical (unpaired) electrons. The van der Waals surface area contributed by atoms with E-state index in [1.54, 1.807) is 6.26 Å². The van der Waals surface area contributed by atoms with Crippen molar-refractivity contribution in [1.29, 1.82) is 0 Å². The molecule has 0 bridgehead atoms. The van der Waals surface area contributed by atoms with Crippen LogP contribution in [0.4, 0.5) is 0 Å². The van der Waals surface area contributed by atoms with Gasteiger partial charge >= 0.3 is 0 Å². The average molecular weight is 479 g/mol. The van der Waals surface area contributed by atoms with E-state index < -0.39 is 0 Å². The van der Waals surface area contributed by atoms with Crippen molar-refractivity contribution < 1.29 is 9.21 Å². The maximum absolute atomic E-state index is 13.3. The Hall–Kier alpha value is -1.31. The van der Waals surface area contributed by atoms with E-state index in [4.69, 9.17) is 4.42 Å². The van der Waals surface area contributed by atoms with Crippen LogP contribution in [-0.4, -0.2) is 5.78 Å². The standard InChI is InChI=1S/C33H50O2/c1-22(2)8-6-9-23(3)28-13-14-29-27-12-11-25-21-31(34)24(20-26-10-7-19-35-26)15-17-32(25,4)30(27)16-18-33(28,29)5/h7,10,19-20,22-23,25,27-30H,6,8-9,11-18,21H2,1-5H3/b24-20+/t23-,25+,27+,28+,29-,30-,32+,33-/m1/s1. The van der Waals surface area contributed by atoms with Gasteiger partial charge in [0.25, 0.3) is 0 Å². The third-order valence-corrected chi connectivity index (χ3v) is 11.8. The van der Waals surface area contributed by atoms with Gasteiger partial charge in [0.15, 0.2) is 5.78 Å². The van der Waals surface area contributed by atoms with E-state index in [-0.39, 0.29) is 0 Å². The van der Waals surface area contributed by atoms with Crippen LogP contribution >= 0.6 is 0 Å². The number of rotatable bonds is 6. The molecule has 0 unspecified atom stereocenters. The van der Waals surface area contributed by atoms with Crippen molar-refractivity contribution in [3.05, 3.63) is 29.7 Å². The predicted molar refractivity (Wildman–Crippen MR) is 145 cm³/mol. The molecule has 2 nitrogen and oxygen atoms in total. The summed E-state index contributed by atoms with van der Waals surface area (Å²) in [6.07, 6.45) is 19.2. The molecular formula is C33H50O2. The van der Waals surface area contributed by atoms with Crippen molar-refractivity contribution in [2.24, 2.45) is 52.3 Å².